The van der Waals surface area contributed by atoms with Gasteiger partial charge in [-0.1, -0.05) is 51.0 Å². The zero-order valence-corrected chi connectivity index (χ0v) is 29.9. The number of hydrogen-bond acceptors (Lipinski definition) is 6. The Morgan fingerprint density at radius 1 is 1.10 bits per heavy atom. The topological polar surface area (TPSA) is 111 Å². The lowest BCUT2D eigenvalue weighted by molar-refractivity contribution is -0.137. The van der Waals surface area contributed by atoms with Crippen LogP contribution >= 0.6 is 0 Å². The Bertz CT molecular complexity index is 1950. The minimum atomic E-state index is -0.813. The maximum Gasteiger partial charge on any atom is 0.303 e. The van der Waals surface area contributed by atoms with Crippen LogP contribution < -0.4 is 10.1 Å². The number of rotatable bonds is 4. The summed E-state index contributed by atoms with van der Waals surface area (Å²) in [5.41, 5.74) is 5.54. The second-order valence-electron chi connectivity index (χ2n) is 15.0. The molecule has 4 heterocycles. The van der Waals surface area contributed by atoms with Gasteiger partial charge in [-0.2, -0.15) is 0 Å². The molecular weight excluding hydrogens is 633 g/mol. The Balaban J connectivity index is 1.42. The Labute approximate surface area is 293 Å². The summed E-state index contributed by atoms with van der Waals surface area (Å²) in [6, 6.07) is 15.1. The third-order valence-corrected chi connectivity index (χ3v) is 10.6. The molecule has 4 aromatic rings. The summed E-state index contributed by atoms with van der Waals surface area (Å²) in [4.78, 5) is 36.8. The molecule has 0 radical (unpaired) electrons. The van der Waals surface area contributed by atoms with Gasteiger partial charge in [-0.3, -0.25) is 14.6 Å². The number of benzene rings is 2. The maximum atomic E-state index is 15.8. The van der Waals surface area contributed by atoms with Crippen molar-refractivity contribution in [1.29, 1.82) is 0 Å². The van der Waals surface area contributed by atoms with E-state index >= 15 is 4.39 Å². The highest BCUT2D eigenvalue weighted by atomic mass is 19.1. The van der Waals surface area contributed by atoms with Crippen LogP contribution in [0.2, 0.25) is 0 Å². The van der Waals surface area contributed by atoms with Crippen molar-refractivity contribution in [2.24, 2.45) is 5.41 Å². The quantitative estimate of drug-likeness (QED) is 0.201. The number of carbonyl (C=O) groups excluding carboxylic acids is 1. The van der Waals surface area contributed by atoms with Gasteiger partial charge >= 0.3 is 5.97 Å². The van der Waals surface area contributed by atoms with Crippen LogP contribution in [0.1, 0.15) is 88.3 Å². The summed E-state index contributed by atoms with van der Waals surface area (Å²) in [5.74, 6) is -1.02. The number of aromatic nitrogens is 2. The van der Waals surface area contributed by atoms with E-state index in [1.807, 2.05) is 38.4 Å². The van der Waals surface area contributed by atoms with E-state index in [4.69, 9.17) is 9.72 Å². The predicted octanol–water partition coefficient (Wildman–Crippen LogP) is 7.84. The van der Waals surface area contributed by atoms with E-state index in [-0.39, 0.29) is 36.1 Å². The third kappa shape index (κ3) is 7.06. The molecule has 264 valence electrons. The molecule has 9 nitrogen and oxygen atoms in total. The van der Waals surface area contributed by atoms with Crippen LogP contribution in [-0.2, 0) is 27.8 Å². The molecule has 2 aliphatic heterocycles. The highest BCUT2D eigenvalue weighted by molar-refractivity contribution is 5.91. The monoisotopic (exact) mass is 681 g/mol. The average Bonchev–Trinajstić information content (AvgIpc) is 3.67. The van der Waals surface area contributed by atoms with Gasteiger partial charge in [-0.15, -0.1) is 0 Å². The normalized spacial score (nSPS) is 21.6. The number of amides is 1. The molecule has 2 aromatic heterocycles. The SMILES string of the molecule is CC1=C2NC(c3cc(ccn3)Oc3c(F)cc4[nH]ccc4c3CC(=O)N(C)CC(C)(C)CCCC[C@]2(C)c2cccc(CCC(=O)O)c2)N1C. The number of allylic oxidation sites excluding steroid dienone is 2. The van der Waals surface area contributed by atoms with E-state index in [1.165, 1.54) is 6.07 Å². The zero-order chi connectivity index (χ0) is 35.8. The first-order valence-electron chi connectivity index (χ1n) is 17.4. The van der Waals surface area contributed by atoms with Gasteiger partial charge in [0.05, 0.1) is 12.1 Å². The Kier molecular flexibility index (Phi) is 9.66. The van der Waals surface area contributed by atoms with Crippen molar-refractivity contribution in [1.82, 2.24) is 25.1 Å². The van der Waals surface area contributed by atoms with Crippen LogP contribution in [0.4, 0.5) is 4.39 Å². The van der Waals surface area contributed by atoms with E-state index in [2.05, 4.69) is 55.0 Å². The predicted molar refractivity (Wildman–Crippen MR) is 192 cm³/mol. The van der Waals surface area contributed by atoms with Gasteiger partial charge in [0.15, 0.2) is 11.6 Å². The van der Waals surface area contributed by atoms with Gasteiger partial charge in [0.1, 0.15) is 11.9 Å². The summed E-state index contributed by atoms with van der Waals surface area (Å²) < 4.78 is 22.1. The molecule has 10 heteroatoms. The Hall–Kier alpha value is -4.86. The fourth-order valence-corrected chi connectivity index (χ4v) is 7.72. The van der Waals surface area contributed by atoms with Crippen LogP contribution in [0.5, 0.6) is 11.5 Å². The lowest BCUT2D eigenvalue weighted by atomic mass is 9.73. The maximum absolute atomic E-state index is 15.8. The molecule has 3 N–H and O–H groups in total. The number of aliphatic carboxylic acids is 1. The number of likely N-dealkylation sites (N-methyl/N-ethyl adjacent to an activating group) is 1. The standard InChI is InChI=1S/C40H48FN5O4/c1-25-37-40(4,27-11-9-10-26(20-27)12-13-35(48)49)17-8-7-16-39(2,3)24-45(5)34(47)22-30-29-15-19-42-32(29)23-31(41)36(30)50-28-14-18-43-33(21-28)38(44-37)46(25)6/h9-11,14-15,18-21,23,38,42,44H,7-8,12-13,16-17,22,24H2,1-6H3,(H,48,49)/t38?,40-/m1/s1. The van der Waals surface area contributed by atoms with Gasteiger partial charge in [-0.25, -0.2) is 4.39 Å². The Morgan fingerprint density at radius 3 is 2.66 bits per heavy atom. The van der Waals surface area contributed by atoms with Gasteiger partial charge in [0.2, 0.25) is 5.91 Å². The van der Waals surface area contributed by atoms with Crippen molar-refractivity contribution < 1.29 is 23.8 Å². The second kappa shape index (κ2) is 13.8. The number of aryl methyl sites for hydroxylation is 1. The van der Waals surface area contributed by atoms with Gasteiger partial charge in [0.25, 0.3) is 0 Å². The first kappa shape index (κ1) is 35.0. The number of carboxylic acids is 1. The van der Waals surface area contributed by atoms with Crippen molar-refractivity contribution >= 4 is 22.8 Å². The van der Waals surface area contributed by atoms with Crippen molar-refractivity contribution in [3.63, 3.8) is 0 Å². The molecule has 50 heavy (non-hydrogen) atoms. The fraction of sp³-hybridized carbons (Fsp3) is 0.425. The summed E-state index contributed by atoms with van der Waals surface area (Å²) in [6.45, 7) is 9.32. The lowest BCUT2D eigenvalue weighted by Gasteiger charge is -2.34. The van der Waals surface area contributed by atoms with E-state index in [1.54, 1.807) is 23.4 Å². The molecule has 0 fully saturated rings. The van der Waals surface area contributed by atoms with Crippen molar-refractivity contribution in [2.45, 2.75) is 84.2 Å². The fourth-order valence-electron chi connectivity index (χ4n) is 7.72. The molecule has 2 aliphatic rings. The van der Waals surface area contributed by atoms with Gasteiger partial charge < -0.3 is 29.9 Å². The molecule has 0 aliphatic carbocycles. The number of ether oxygens (including phenoxy) is 1. The highest BCUT2D eigenvalue weighted by Gasteiger charge is 2.40. The van der Waals surface area contributed by atoms with E-state index < -0.39 is 17.2 Å². The molecule has 0 spiro atoms. The number of aromatic amines is 1. The third-order valence-electron chi connectivity index (χ3n) is 10.6. The number of fused-ring (bicyclic) bond motifs is 8. The minimum Gasteiger partial charge on any atom is -0.481 e. The number of carbonyl (C=O) groups is 2. The Morgan fingerprint density at radius 2 is 1.88 bits per heavy atom. The van der Waals surface area contributed by atoms with Crippen LogP contribution in [-0.4, -0.2) is 57.4 Å². The number of nitrogens with zero attached hydrogens (tertiary/aromatic N) is 3. The lowest BCUT2D eigenvalue weighted by Crippen LogP contribution is -2.37. The average molecular weight is 682 g/mol. The largest absolute Gasteiger partial charge is 0.481 e. The molecule has 1 amide bonds. The van der Waals surface area contributed by atoms with E-state index in [9.17, 15) is 14.7 Å². The van der Waals surface area contributed by atoms with Crippen LogP contribution in [0, 0.1) is 11.2 Å². The summed E-state index contributed by atoms with van der Waals surface area (Å²) in [5, 5.41) is 13.9. The molecule has 4 bridgehead atoms. The summed E-state index contributed by atoms with van der Waals surface area (Å²) in [7, 11) is 3.85. The van der Waals surface area contributed by atoms with Crippen LogP contribution in [0.3, 0.4) is 0 Å². The molecule has 0 saturated heterocycles. The smallest absolute Gasteiger partial charge is 0.303 e. The number of hydrogen-bond donors (Lipinski definition) is 3. The number of pyridine rings is 1. The molecule has 1 unspecified atom stereocenters. The summed E-state index contributed by atoms with van der Waals surface area (Å²) >= 11 is 0. The summed E-state index contributed by atoms with van der Waals surface area (Å²) in [6.07, 6.45) is 7.32. The van der Waals surface area contributed by atoms with Gasteiger partial charge in [-0.05, 0) is 61.8 Å². The van der Waals surface area contributed by atoms with Crippen molar-refractivity contribution in [3.05, 3.63) is 101 Å². The van der Waals surface area contributed by atoms with Crippen molar-refractivity contribution in [2.75, 3.05) is 20.6 Å². The molecule has 0 saturated carbocycles. The molecule has 2 aromatic carbocycles. The van der Waals surface area contributed by atoms with Crippen molar-refractivity contribution in [3.8, 4) is 11.5 Å². The first-order chi connectivity index (χ1) is 23.8. The number of H-pyrrole nitrogens is 1. The number of halogens is 1. The molecular formula is C40H48FN5O4. The molecule has 6 rings (SSSR count). The molecule has 2 atom stereocenters. The zero-order valence-electron chi connectivity index (χ0n) is 29.9. The number of nitrogens with one attached hydrogen (secondary N) is 2. The van der Waals surface area contributed by atoms with E-state index in [0.29, 0.717) is 35.5 Å². The second-order valence-corrected chi connectivity index (χ2v) is 15.0. The first-order valence-corrected chi connectivity index (χ1v) is 17.4. The van der Waals surface area contributed by atoms with Crippen LogP contribution in [0.15, 0.2) is 72.3 Å². The van der Waals surface area contributed by atoms with Gasteiger partial charge in [0, 0.05) is 84.9 Å². The van der Waals surface area contributed by atoms with Crippen LogP contribution in [0.25, 0.3) is 10.9 Å². The number of carboxylic acid groups (broad SMARTS) is 1. The minimum absolute atomic E-state index is 0.00472. The highest BCUT2D eigenvalue weighted by Crippen LogP contribution is 2.44. The van der Waals surface area contributed by atoms with E-state index in [0.717, 1.165) is 53.6 Å².